The maximum absolute atomic E-state index is 11.7. The molecule has 0 spiro atoms. The number of ether oxygens (including phenoxy) is 2. The first-order valence-electron chi connectivity index (χ1n) is 12.6. The number of esters is 1. The lowest BCUT2D eigenvalue weighted by molar-refractivity contribution is -0.149. The number of carboxylic acids is 1. The fourth-order valence-electron chi connectivity index (χ4n) is 3.96. The van der Waals surface area contributed by atoms with E-state index in [2.05, 4.69) is 19.1 Å². The van der Waals surface area contributed by atoms with Crippen molar-refractivity contribution < 1.29 is 24.2 Å². The number of hydrogen-bond donors (Lipinski definition) is 1. The smallest absolute Gasteiger partial charge is 0.303 e. The number of rotatable bonds is 20. The van der Waals surface area contributed by atoms with Gasteiger partial charge >= 0.3 is 11.9 Å². The van der Waals surface area contributed by atoms with Crippen molar-refractivity contribution in [3.05, 3.63) is 35.9 Å². The largest absolute Gasteiger partial charge is 0.481 e. The van der Waals surface area contributed by atoms with E-state index in [-0.39, 0.29) is 24.6 Å². The second kappa shape index (κ2) is 18.7. The van der Waals surface area contributed by atoms with Crippen molar-refractivity contribution in [2.24, 2.45) is 0 Å². The predicted molar refractivity (Wildman–Crippen MR) is 129 cm³/mol. The third kappa shape index (κ3) is 15.9. The second-order valence-corrected chi connectivity index (χ2v) is 8.79. The van der Waals surface area contributed by atoms with E-state index in [4.69, 9.17) is 14.6 Å². The Kier molecular flexibility index (Phi) is 16.4. The third-order valence-electron chi connectivity index (χ3n) is 5.73. The Morgan fingerprint density at radius 2 is 1.44 bits per heavy atom. The molecule has 0 aliphatic carbocycles. The molecule has 0 heterocycles. The normalized spacial score (nSPS) is 12.9. The van der Waals surface area contributed by atoms with Gasteiger partial charge in [-0.2, -0.15) is 0 Å². The topological polar surface area (TPSA) is 72.8 Å². The second-order valence-electron chi connectivity index (χ2n) is 8.79. The lowest BCUT2D eigenvalue weighted by atomic mass is 9.99. The number of hydrogen-bond acceptors (Lipinski definition) is 4. The monoisotopic (exact) mass is 448 g/mol. The minimum absolute atomic E-state index is 0.0902. The van der Waals surface area contributed by atoms with Crippen LogP contribution in [0.1, 0.15) is 109 Å². The van der Waals surface area contributed by atoms with E-state index in [1.54, 1.807) is 0 Å². The van der Waals surface area contributed by atoms with Crippen LogP contribution in [-0.4, -0.2) is 29.3 Å². The predicted octanol–water partition coefficient (Wildman–Crippen LogP) is 7.07. The number of unbranched alkanes of at least 4 members (excludes halogenated alkanes) is 8. The fourth-order valence-corrected chi connectivity index (χ4v) is 3.96. The van der Waals surface area contributed by atoms with E-state index < -0.39 is 5.97 Å². The molecule has 1 aromatic carbocycles. The lowest BCUT2D eigenvalue weighted by Gasteiger charge is -2.24. The number of carboxylic acid groups (broad SMARTS) is 1. The van der Waals surface area contributed by atoms with Crippen molar-refractivity contribution in [2.75, 3.05) is 0 Å². The van der Waals surface area contributed by atoms with Gasteiger partial charge in [0.05, 0.1) is 12.7 Å². The number of benzene rings is 1. The van der Waals surface area contributed by atoms with Gasteiger partial charge in [-0.05, 0) is 31.2 Å². The van der Waals surface area contributed by atoms with Crippen LogP contribution >= 0.6 is 0 Å². The van der Waals surface area contributed by atoms with Crippen LogP contribution in [0.2, 0.25) is 0 Å². The molecule has 0 radical (unpaired) electrons. The fraction of sp³-hybridized carbons (Fsp3) is 0.704. The van der Waals surface area contributed by atoms with Gasteiger partial charge in [0.15, 0.2) is 0 Å². The Labute approximate surface area is 194 Å². The van der Waals surface area contributed by atoms with Crippen LogP contribution in [0.25, 0.3) is 0 Å². The van der Waals surface area contributed by atoms with Crippen LogP contribution in [0.3, 0.4) is 0 Å². The van der Waals surface area contributed by atoms with E-state index in [9.17, 15) is 9.59 Å². The molecule has 5 heteroatoms. The van der Waals surface area contributed by atoms with Crippen LogP contribution in [0.4, 0.5) is 0 Å². The van der Waals surface area contributed by atoms with Gasteiger partial charge < -0.3 is 14.6 Å². The maximum atomic E-state index is 11.7. The molecule has 0 amide bonds. The molecule has 2 unspecified atom stereocenters. The molecule has 0 saturated heterocycles. The molecule has 1 aromatic rings. The summed E-state index contributed by atoms with van der Waals surface area (Å²) in [5, 5.41) is 8.69. The van der Waals surface area contributed by atoms with Crippen molar-refractivity contribution in [1.29, 1.82) is 0 Å². The summed E-state index contributed by atoms with van der Waals surface area (Å²) in [6.07, 6.45) is 13.6. The molecule has 0 aromatic heterocycles. The van der Waals surface area contributed by atoms with Gasteiger partial charge in [-0.25, -0.2) is 0 Å². The summed E-state index contributed by atoms with van der Waals surface area (Å²) in [6.45, 7) is 4.28. The summed E-state index contributed by atoms with van der Waals surface area (Å²) in [4.78, 5) is 22.2. The first-order chi connectivity index (χ1) is 15.5. The number of carbonyl (C=O) groups excluding carboxylic acids is 1. The average molecular weight is 449 g/mol. The molecule has 0 bridgehead atoms. The quantitative estimate of drug-likeness (QED) is 0.171. The van der Waals surface area contributed by atoms with Gasteiger partial charge in [-0.3, -0.25) is 9.59 Å². The third-order valence-corrected chi connectivity index (χ3v) is 5.73. The van der Waals surface area contributed by atoms with Crippen molar-refractivity contribution in [3.8, 4) is 0 Å². The van der Waals surface area contributed by atoms with Crippen LogP contribution in [0.5, 0.6) is 0 Å². The highest BCUT2D eigenvalue weighted by Gasteiger charge is 2.19. The van der Waals surface area contributed by atoms with E-state index in [0.29, 0.717) is 6.61 Å². The highest BCUT2D eigenvalue weighted by molar-refractivity contribution is 5.66. The SMILES string of the molecule is CCCCCCC(CC(CCCCCCCCC(=O)O)OC(C)=O)OCc1ccccc1. The van der Waals surface area contributed by atoms with Gasteiger partial charge in [0.2, 0.25) is 0 Å². The van der Waals surface area contributed by atoms with Gasteiger partial charge in [-0.1, -0.05) is 88.6 Å². The van der Waals surface area contributed by atoms with E-state index in [0.717, 1.165) is 69.8 Å². The summed E-state index contributed by atoms with van der Waals surface area (Å²) < 4.78 is 11.9. The van der Waals surface area contributed by atoms with Gasteiger partial charge in [0, 0.05) is 19.8 Å². The van der Waals surface area contributed by atoms with Crippen LogP contribution in [-0.2, 0) is 25.7 Å². The van der Waals surface area contributed by atoms with Crippen LogP contribution < -0.4 is 0 Å². The summed E-state index contributed by atoms with van der Waals surface area (Å²) in [5.74, 6) is -0.940. The zero-order chi connectivity index (χ0) is 23.4. The molecule has 1 rings (SSSR count). The Balaban J connectivity index is 2.46. The molecule has 1 N–H and O–H groups in total. The lowest BCUT2D eigenvalue weighted by Crippen LogP contribution is -2.25. The van der Waals surface area contributed by atoms with Crippen LogP contribution in [0, 0.1) is 0 Å². The van der Waals surface area contributed by atoms with Crippen molar-refractivity contribution in [3.63, 3.8) is 0 Å². The van der Waals surface area contributed by atoms with Crippen molar-refractivity contribution >= 4 is 11.9 Å². The summed E-state index contributed by atoms with van der Waals surface area (Å²) in [5.41, 5.74) is 1.16. The zero-order valence-corrected chi connectivity index (χ0v) is 20.2. The highest BCUT2D eigenvalue weighted by atomic mass is 16.5. The summed E-state index contributed by atoms with van der Waals surface area (Å²) in [6, 6.07) is 10.2. The first kappa shape index (κ1) is 28.2. The first-order valence-corrected chi connectivity index (χ1v) is 12.6. The van der Waals surface area contributed by atoms with Crippen LogP contribution in [0.15, 0.2) is 30.3 Å². The minimum atomic E-state index is -0.715. The Morgan fingerprint density at radius 1 is 0.844 bits per heavy atom. The number of carbonyl (C=O) groups is 2. The zero-order valence-electron chi connectivity index (χ0n) is 20.2. The minimum Gasteiger partial charge on any atom is -0.481 e. The van der Waals surface area contributed by atoms with Crippen molar-refractivity contribution in [2.45, 2.75) is 123 Å². The van der Waals surface area contributed by atoms with E-state index in [1.807, 2.05) is 18.2 Å². The Hall–Kier alpha value is -1.88. The van der Waals surface area contributed by atoms with Gasteiger partial charge in [0.25, 0.3) is 0 Å². The molecule has 2 atom stereocenters. The average Bonchev–Trinajstić information content (AvgIpc) is 2.76. The Bertz CT molecular complexity index is 601. The summed E-state index contributed by atoms with van der Waals surface area (Å²) in [7, 11) is 0. The molecule has 0 fully saturated rings. The maximum Gasteiger partial charge on any atom is 0.303 e. The Morgan fingerprint density at radius 3 is 2.06 bits per heavy atom. The van der Waals surface area contributed by atoms with E-state index >= 15 is 0 Å². The number of aliphatic carboxylic acids is 1. The van der Waals surface area contributed by atoms with Gasteiger partial charge in [0.1, 0.15) is 6.10 Å². The molecule has 5 nitrogen and oxygen atoms in total. The molecular weight excluding hydrogens is 404 g/mol. The molecule has 32 heavy (non-hydrogen) atoms. The summed E-state index contributed by atoms with van der Waals surface area (Å²) >= 11 is 0. The molecular formula is C27H44O5. The molecule has 182 valence electrons. The molecule has 0 aliphatic heterocycles. The molecule has 0 saturated carbocycles. The van der Waals surface area contributed by atoms with E-state index in [1.165, 1.54) is 26.2 Å². The standard InChI is InChI=1S/C27H44O5/c1-3-4-5-13-18-25(31-22-24-16-11-10-12-17-24)21-26(32-23(2)28)19-14-8-6-7-9-15-20-27(29)30/h10-12,16-17,25-26H,3-9,13-15,18-22H2,1-2H3,(H,29,30). The molecule has 0 aliphatic rings. The van der Waals surface area contributed by atoms with Crippen molar-refractivity contribution in [1.82, 2.24) is 0 Å². The van der Waals surface area contributed by atoms with Gasteiger partial charge in [-0.15, -0.1) is 0 Å². The highest BCUT2D eigenvalue weighted by Crippen LogP contribution is 2.21.